The molecule has 2 heterocycles. The Kier molecular flexibility index (Phi) is 5.15. The molecule has 8 heteroatoms. The molecule has 25 heavy (non-hydrogen) atoms. The number of nitrogens with one attached hydrogen (secondary N) is 2. The number of carbonyl (C=O) groups excluding carboxylic acids is 1. The molecule has 2 aromatic heterocycles. The van der Waals surface area contributed by atoms with Crippen molar-refractivity contribution in [3.05, 3.63) is 77.0 Å². The van der Waals surface area contributed by atoms with Crippen LogP contribution in [0.25, 0.3) is 0 Å². The number of halogens is 2. The van der Waals surface area contributed by atoms with Crippen LogP contribution in [0.2, 0.25) is 5.02 Å². The number of pyridine rings is 1. The minimum absolute atomic E-state index is 0.0705. The number of benzene rings is 1. The topological polar surface area (TPSA) is 79.8 Å². The minimum atomic E-state index is -0.552. The van der Waals surface area contributed by atoms with Gasteiger partial charge in [-0.05, 0) is 42.0 Å². The van der Waals surface area contributed by atoms with Gasteiger partial charge >= 0.3 is 0 Å². The predicted molar refractivity (Wildman–Crippen MR) is 93.0 cm³/mol. The van der Waals surface area contributed by atoms with Gasteiger partial charge in [-0.15, -0.1) is 10.2 Å². The van der Waals surface area contributed by atoms with E-state index in [9.17, 15) is 9.18 Å². The van der Waals surface area contributed by atoms with E-state index in [0.717, 1.165) is 5.56 Å². The zero-order chi connectivity index (χ0) is 17.6. The summed E-state index contributed by atoms with van der Waals surface area (Å²) in [6, 6.07) is 10.9. The lowest BCUT2D eigenvalue weighted by Gasteiger charge is -2.07. The highest BCUT2D eigenvalue weighted by molar-refractivity contribution is 6.31. The van der Waals surface area contributed by atoms with Gasteiger partial charge in [0.15, 0.2) is 5.69 Å². The maximum atomic E-state index is 13.1. The summed E-state index contributed by atoms with van der Waals surface area (Å²) in [5.41, 5.74) is 1.50. The Morgan fingerprint density at radius 2 is 2.04 bits per heavy atom. The SMILES string of the molecule is O=C(Nc1ccc(F)c(Cl)c1)c1ccc(NCc2cccnc2)nn1. The molecule has 0 bridgehead atoms. The largest absolute Gasteiger partial charge is 0.364 e. The van der Waals surface area contributed by atoms with Crippen molar-refractivity contribution < 1.29 is 9.18 Å². The van der Waals surface area contributed by atoms with E-state index < -0.39 is 11.7 Å². The first-order valence-electron chi connectivity index (χ1n) is 7.35. The normalized spacial score (nSPS) is 10.3. The number of nitrogens with zero attached hydrogens (tertiary/aromatic N) is 3. The molecular weight excluding hydrogens is 345 g/mol. The Labute approximate surface area is 148 Å². The maximum Gasteiger partial charge on any atom is 0.276 e. The highest BCUT2D eigenvalue weighted by atomic mass is 35.5. The van der Waals surface area contributed by atoms with Crippen molar-refractivity contribution in [2.45, 2.75) is 6.54 Å². The summed E-state index contributed by atoms with van der Waals surface area (Å²) in [6.07, 6.45) is 3.45. The van der Waals surface area contributed by atoms with Crippen molar-refractivity contribution in [2.24, 2.45) is 0 Å². The summed E-state index contributed by atoms with van der Waals surface area (Å²) in [7, 11) is 0. The lowest BCUT2D eigenvalue weighted by Crippen LogP contribution is -2.15. The van der Waals surface area contributed by atoms with Crippen LogP contribution >= 0.6 is 11.6 Å². The lowest BCUT2D eigenvalue weighted by molar-refractivity contribution is 0.102. The van der Waals surface area contributed by atoms with Crippen molar-refractivity contribution in [3.63, 3.8) is 0 Å². The average molecular weight is 358 g/mol. The second kappa shape index (κ2) is 7.67. The molecule has 3 aromatic rings. The van der Waals surface area contributed by atoms with Crippen LogP contribution in [0.5, 0.6) is 0 Å². The first-order valence-corrected chi connectivity index (χ1v) is 7.72. The summed E-state index contributed by atoms with van der Waals surface area (Å²) in [6.45, 7) is 0.544. The highest BCUT2D eigenvalue weighted by Crippen LogP contribution is 2.19. The van der Waals surface area contributed by atoms with Crippen LogP contribution in [0.1, 0.15) is 16.1 Å². The number of hydrogen-bond acceptors (Lipinski definition) is 5. The van der Waals surface area contributed by atoms with E-state index in [4.69, 9.17) is 11.6 Å². The van der Waals surface area contributed by atoms with E-state index in [2.05, 4.69) is 25.8 Å². The number of aromatic nitrogens is 3. The van der Waals surface area contributed by atoms with Crippen molar-refractivity contribution in [1.82, 2.24) is 15.2 Å². The fourth-order valence-electron chi connectivity index (χ4n) is 2.01. The van der Waals surface area contributed by atoms with E-state index in [0.29, 0.717) is 18.1 Å². The lowest BCUT2D eigenvalue weighted by atomic mass is 10.3. The van der Waals surface area contributed by atoms with E-state index in [1.54, 1.807) is 24.5 Å². The van der Waals surface area contributed by atoms with Gasteiger partial charge in [-0.3, -0.25) is 9.78 Å². The highest BCUT2D eigenvalue weighted by Gasteiger charge is 2.10. The third-order valence-corrected chi connectivity index (χ3v) is 3.56. The molecule has 0 aliphatic heterocycles. The Hall–Kier alpha value is -3.06. The fraction of sp³-hybridized carbons (Fsp3) is 0.0588. The molecule has 0 aliphatic carbocycles. The zero-order valence-electron chi connectivity index (χ0n) is 12.9. The van der Waals surface area contributed by atoms with Gasteiger partial charge in [-0.25, -0.2) is 4.39 Å². The summed E-state index contributed by atoms with van der Waals surface area (Å²) in [5, 5.41) is 13.4. The Morgan fingerprint density at radius 1 is 1.16 bits per heavy atom. The molecule has 0 atom stereocenters. The molecule has 0 spiro atoms. The summed E-state index contributed by atoms with van der Waals surface area (Å²) >= 11 is 5.68. The molecule has 0 unspecified atom stereocenters. The molecule has 0 radical (unpaired) electrons. The summed E-state index contributed by atoms with van der Waals surface area (Å²) in [4.78, 5) is 16.1. The van der Waals surface area contributed by atoms with Crippen molar-refractivity contribution >= 4 is 29.0 Å². The number of amides is 1. The van der Waals surface area contributed by atoms with Gasteiger partial charge in [-0.1, -0.05) is 17.7 Å². The molecule has 3 rings (SSSR count). The van der Waals surface area contributed by atoms with Crippen LogP contribution < -0.4 is 10.6 Å². The fourth-order valence-corrected chi connectivity index (χ4v) is 2.19. The molecule has 0 fully saturated rings. The van der Waals surface area contributed by atoms with Crippen LogP contribution in [0.4, 0.5) is 15.9 Å². The average Bonchev–Trinajstić information content (AvgIpc) is 2.64. The number of hydrogen-bond donors (Lipinski definition) is 2. The van der Waals surface area contributed by atoms with E-state index >= 15 is 0 Å². The third kappa shape index (κ3) is 4.48. The van der Waals surface area contributed by atoms with Gasteiger partial charge in [0.1, 0.15) is 11.6 Å². The molecule has 1 aromatic carbocycles. The monoisotopic (exact) mass is 357 g/mol. The predicted octanol–water partition coefficient (Wildman–Crippen LogP) is 3.53. The second-order valence-corrected chi connectivity index (χ2v) is 5.51. The molecule has 0 aliphatic rings. The van der Waals surface area contributed by atoms with Gasteiger partial charge in [0.05, 0.1) is 5.02 Å². The number of rotatable bonds is 5. The maximum absolute atomic E-state index is 13.1. The molecule has 0 saturated carbocycles. The van der Waals surface area contributed by atoms with Crippen molar-refractivity contribution in [1.29, 1.82) is 0 Å². The van der Waals surface area contributed by atoms with Gasteiger partial charge in [0.2, 0.25) is 0 Å². The zero-order valence-corrected chi connectivity index (χ0v) is 13.7. The van der Waals surface area contributed by atoms with E-state index in [1.807, 2.05) is 12.1 Å². The standard InChI is InChI=1S/C17H13ClFN5O/c18-13-8-12(3-4-14(13)19)22-17(25)15-5-6-16(24-23-15)21-10-11-2-1-7-20-9-11/h1-9H,10H2,(H,21,24)(H,22,25). The molecule has 2 N–H and O–H groups in total. The van der Waals surface area contributed by atoms with E-state index in [-0.39, 0.29) is 10.7 Å². The van der Waals surface area contributed by atoms with Gasteiger partial charge in [-0.2, -0.15) is 0 Å². The van der Waals surface area contributed by atoms with Crippen LogP contribution in [-0.4, -0.2) is 21.1 Å². The molecular formula is C17H13ClFN5O. The molecule has 0 saturated heterocycles. The second-order valence-electron chi connectivity index (χ2n) is 5.10. The van der Waals surface area contributed by atoms with Crippen LogP contribution in [-0.2, 0) is 6.54 Å². The quantitative estimate of drug-likeness (QED) is 0.730. The first kappa shape index (κ1) is 16.8. The Morgan fingerprint density at radius 3 is 2.72 bits per heavy atom. The van der Waals surface area contributed by atoms with E-state index in [1.165, 1.54) is 18.2 Å². The van der Waals surface area contributed by atoms with Gasteiger partial charge in [0, 0.05) is 24.6 Å². The summed E-state index contributed by atoms with van der Waals surface area (Å²) in [5.74, 6) is -0.484. The smallest absolute Gasteiger partial charge is 0.276 e. The number of anilines is 2. The molecule has 126 valence electrons. The van der Waals surface area contributed by atoms with Crippen LogP contribution in [0, 0.1) is 5.82 Å². The Balaban J connectivity index is 1.61. The minimum Gasteiger partial charge on any atom is -0.364 e. The van der Waals surface area contributed by atoms with Gasteiger partial charge < -0.3 is 10.6 Å². The molecule has 1 amide bonds. The first-order chi connectivity index (χ1) is 12.1. The number of carbonyl (C=O) groups is 1. The van der Waals surface area contributed by atoms with Crippen LogP contribution in [0.15, 0.2) is 54.9 Å². The summed E-state index contributed by atoms with van der Waals surface area (Å²) < 4.78 is 13.1. The Bertz CT molecular complexity index is 874. The third-order valence-electron chi connectivity index (χ3n) is 3.27. The molecule has 6 nitrogen and oxygen atoms in total. The van der Waals surface area contributed by atoms with Gasteiger partial charge in [0.25, 0.3) is 5.91 Å². The van der Waals surface area contributed by atoms with Crippen molar-refractivity contribution in [2.75, 3.05) is 10.6 Å². The van der Waals surface area contributed by atoms with Crippen LogP contribution in [0.3, 0.4) is 0 Å². The van der Waals surface area contributed by atoms with Crippen molar-refractivity contribution in [3.8, 4) is 0 Å².